The van der Waals surface area contributed by atoms with Crippen LogP contribution in [0.4, 0.5) is 16.2 Å². The predicted octanol–water partition coefficient (Wildman–Crippen LogP) is 3.61. The van der Waals surface area contributed by atoms with Gasteiger partial charge in [-0.25, -0.2) is 4.79 Å². The molecule has 1 saturated heterocycles. The average molecular weight is 355 g/mol. The van der Waals surface area contributed by atoms with Gasteiger partial charge in [0.15, 0.2) is 0 Å². The number of amides is 2. The molecule has 4 aliphatic carbocycles. The minimum Gasteiger partial charge on any atom is -0.378 e. The van der Waals surface area contributed by atoms with E-state index in [0.717, 1.165) is 55.4 Å². The van der Waals surface area contributed by atoms with Crippen molar-refractivity contribution >= 4 is 17.4 Å². The van der Waals surface area contributed by atoms with Gasteiger partial charge in [-0.1, -0.05) is 12.1 Å². The number of ether oxygens (including phenoxy) is 1. The number of urea groups is 1. The van der Waals surface area contributed by atoms with Gasteiger partial charge in [-0.05, 0) is 68.4 Å². The number of benzene rings is 1. The third kappa shape index (κ3) is 3.07. The number of carbonyl (C=O) groups is 1. The van der Waals surface area contributed by atoms with Crippen molar-refractivity contribution in [2.45, 2.75) is 44.1 Å². The highest BCUT2D eigenvalue weighted by Crippen LogP contribution is 2.55. The molecule has 140 valence electrons. The summed E-state index contributed by atoms with van der Waals surface area (Å²) in [5.74, 6) is 2.51. The second-order valence-electron chi connectivity index (χ2n) is 8.89. The summed E-state index contributed by atoms with van der Waals surface area (Å²) < 4.78 is 5.46. The van der Waals surface area contributed by atoms with E-state index in [1.54, 1.807) is 0 Å². The molecule has 0 aromatic heterocycles. The molecular formula is C21H29N3O2. The van der Waals surface area contributed by atoms with Crippen LogP contribution in [0.15, 0.2) is 24.3 Å². The molecule has 2 N–H and O–H groups in total. The van der Waals surface area contributed by atoms with Gasteiger partial charge in [-0.2, -0.15) is 0 Å². The van der Waals surface area contributed by atoms with Crippen LogP contribution in [0.25, 0.3) is 0 Å². The fourth-order valence-electron chi connectivity index (χ4n) is 6.32. The van der Waals surface area contributed by atoms with Gasteiger partial charge < -0.3 is 20.3 Å². The number of nitrogens with zero attached hydrogens (tertiary/aromatic N) is 1. The Bertz CT molecular complexity index is 648. The topological polar surface area (TPSA) is 53.6 Å². The molecule has 5 aliphatic rings. The molecule has 0 radical (unpaired) electrons. The van der Waals surface area contributed by atoms with Gasteiger partial charge in [-0.15, -0.1) is 0 Å². The molecule has 0 atom stereocenters. The van der Waals surface area contributed by atoms with Gasteiger partial charge in [0.1, 0.15) is 0 Å². The molecule has 26 heavy (non-hydrogen) atoms. The summed E-state index contributed by atoms with van der Waals surface area (Å²) in [6.45, 7) is 3.23. The summed E-state index contributed by atoms with van der Waals surface area (Å²) in [6.07, 6.45) is 7.71. The van der Waals surface area contributed by atoms with Gasteiger partial charge in [0.05, 0.1) is 24.6 Å². The zero-order valence-corrected chi connectivity index (χ0v) is 15.4. The molecule has 1 aromatic carbocycles. The smallest absolute Gasteiger partial charge is 0.319 e. The number of rotatable bonds is 3. The minimum atomic E-state index is -0.0346. The van der Waals surface area contributed by atoms with Gasteiger partial charge in [0.25, 0.3) is 0 Å². The van der Waals surface area contributed by atoms with Gasteiger partial charge >= 0.3 is 6.03 Å². The lowest BCUT2D eigenvalue weighted by molar-refractivity contribution is -0.0127. The van der Waals surface area contributed by atoms with Crippen LogP contribution in [0, 0.1) is 17.8 Å². The lowest BCUT2D eigenvalue weighted by Crippen LogP contribution is -2.60. The first-order valence-electron chi connectivity index (χ1n) is 10.2. The van der Waals surface area contributed by atoms with E-state index in [9.17, 15) is 4.79 Å². The lowest BCUT2D eigenvalue weighted by Gasteiger charge is -2.56. The van der Waals surface area contributed by atoms with Crippen molar-refractivity contribution in [2.24, 2.45) is 17.8 Å². The van der Waals surface area contributed by atoms with E-state index in [1.165, 1.54) is 38.5 Å². The standard InChI is InChI=1S/C21H29N3O2/c25-20(23-21-12-15-9-16(13-21)11-17(10-15)14-21)22-18-3-1-2-4-19(18)24-5-7-26-8-6-24/h1-4,15-17H,5-14H2,(H2,22,23,25). The quantitative estimate of drug-likeness (QED) is 0.871. The van der Waals surface area contributed by atoms with E-state index in [1.807, 2.05) is 18.2 Å². The predicted molar refractivity (Wildman–Crippen MR) is 103 cm³/mol. The van der Waals surface area contributed by atoms with Crippen LogP contribution in [0.1, 0.15) is 38.5 Å². The summed E-state index contributed by atoms with van der Waals surface area (Å²) in [4.78, 5) is 15.2. The van der Waals surface area contributed by atoms with E-state index >= 15 is 0 Å². The Morgan fingerprint density at radius 3 is 2.27 bits per heavy atom. The molecule has 5 fully saturated rings. The number of para-hydroxylation sites is 2. The van der Waals surface area contributed by atoms with Gasteiger partial charge in [0, 0.05) is 18.6 Å². The molecule has 4 bridgehead atoms. The Morgan fingerprint density at radius 2 is 1.62 bits per heavy atom. The van der Waals surface area contributed by atoms with Gasteiger partial charge in [-0.3, -0.25) is 0 Å². The Kier molecular flexibility index (Phi) is 4.07. The Morgan fingerprint density at radius 1 is 1.00 bits per heavy atom. The largest absolute Gasteiger partial charge is 0.378 e. The van der Waals surface area contributed by atoms with Crippen LogP contribution in [0.3, 0.4) is 0 Å². The van der Waals surface area contributed by atoms with E-state index < -0.39 is 0 Å². The van der Waals surface area contributed by atoms with Crippen LogP contribution < -0.4 is 15.5 Å². The third-order valence-electron chi connectivity index (χ3n) is 6.92. The van der Waals surface area contributed by atoms with Crippen molar-refractivity contribution in [1.82, 2.24) is 5.32 Å². The summed E-state index contributed by atoms with van der Waals surface area (Å²) >= 11 is 0. The SMILES string of the molecule is O=C(Nc1ccccc1N1CCOCC1)NC12CC3CC(CC(C3)C1)C2. The summed E-state index contributed by atoms with van der Waals surface area (Å²) in [5.41, 5.74) is 2.04. The Balaban J connectivity index is 1.29. The first kappa shape index (κ1) is 16.4. The molecular weight excluding hydrogens is 326 g/mol. The van der Waals surface area contributed by atoms with E-state index in [-0.39, 0.29) is 11.6 Å². The molecule has 1 aromatic rings. The Labute approximate surface area is 155 Å². The van der Waals surface area contributed by atoms with Crippen LogP contribution in [-0.4, -0.2) is 37.9 Å². The van der Waals surface area contributed by atoms with Crippen molar-refractivity contribution in [2.75, 3.05) is 36.5 Å². The van der Waals surface area contributed by atoms with E-state index in [4.69, 9.17) is 4.74 Å². The maximum Gasteiger partial charge on any atom is 0.319 e. The zero-order valence-electron chi connectivity index (χ0n) is 15.4. The molecule has 0 unspecified atom stereocenters. The van der Waals surface area contributed by atoms with Crippen LogP contribution in [-0.2, 0) is 4.74 Å². The normalized spacial score (nSPS) is 35.4. The Hall–Kier alpha value is -1.75. The number of hydrogen-bond donors (Lipinski definition) is 2. The van der Waals surface area contributed by atoms with Crippen molar-refractivity contribution in [3.8, 4) is 0 Å². The maximum absolute atomic E-state index is 12.9. The summed E-state index contributed by atoms with van der Waals surface area (Å²) in [6, 6.07) is 8.08. The molecule has 1 heterocycles. The lowest BCUT2D eigenvalue weighted by atomic mass is 9.53. The molecule has 6 rings (SSSR count). The number of nitrogens with one attached hydrogen (secondary N) is 2. The van der Waals surface area contributed by atoms with Gasteiger partial charge in [0.2, 0.25) is 0 Å². The molecule has 2 amide bonds. The number of carbonyl (C=O) groups excluding carboxylic acids is 1. The van der Waals surface area contributed by atoms with Crippen molar-refractivity contribution < 1.29 is 9.53 Å². The third-order valence-corrected chi connectivity index (χ3v) is 6.92. The van der Waals surface area contributed by atoms with Crippen LogP contribution in [0.5, 0.6) is 0 Å². The highest BCUT2D eigenvalue weighted by atomic mass is 16.5. The molecule has 5 heteroatoms. The number of hydrogen-bond acceptors (Lipinski definition) is 3. The zero-order chi connectivity index (χ0) is 17.6. The fourth-order valence-corrected chi connectivity index (χ4v) is 6.32. The first-order valence-corrected chi connectivity index (χ1v) is 10.2. The average Bonchev–Trinajstić information content (AvgIpc) is 2.61. The molecule has 5 nitrogen and oxygen atoms in total. The first-order chi connectivity index (χ1) is 12.7. The summed E-state index contributed by atoms with van der Waals surface area (Å²) in [5, 5.41) is 6.56. The number of morpholine rings is 1. The second-order valence-corrected chi connectivity index (χ2v) is 8.89. The van der Waals surface area contributed by atoms with Crippen molar-refractivity contribution in [3.63, 3.8) is 0 Å². The van der Waals surface area contributed by atoms with Crippen molar-refractivity contribution in [3.05, 3.63) is 24.3 Å². The van der Waals surface area contributed by atoms with Crippen LogP contribution in [0.2, 0.25) is 0 Å². The highest BCUT2D eigenvalue weighted by Gasteiger charge is 2.51. The monoisotopic (exact) mass is 355 g/mol. The molecule has 0 spiro atoms. The second kappa shape index (κ2) is 6.45. The van der Waals surface area contributed by atoms with E-state index in [0.29, 0.717) is 0 Å². The molecule has 4 saturated carbocycles. The minimum absolute atomic E-state index is 0.0346. The van der Waals surface area contributed by atoms with Crippen molar-refractivity contribution in [1.29, 1.82) is 0 Å². The molecule has 1 aliphatic heterocycles. The van der Waals surface area contributed by atoms with Crippen LogP contribution >= 0.6 is 0 Å². The highest BCUT2D eigenvalue weighted by molar-refractivity contribution is 5.93. The summed E-state index contributed by atoms with van der Waals surface area (Å²) in [7, 11) is 0. The fraction of sp³-hybridized carbons (Fsp3) is 0.667. The van der Waals surface area contributed by atoms with E-state index in [2.05, 4.69) is 21.6 Å². The number of anilines is 2. The maximum atomic E-state index is 12.9.